The van der Waals surface area contributed by atoms with E-state index in [2.05, 4.69) is 15.8 Å². The highest BCUT2D eigenvalue weighted by Gasteiger charge is 2.14. The molecule has 4 aromatic rings. The van der Waals surface area contributed by atoms with E-state index < -0.39 is 0 Å². The van der Waals surface area contributed by atoms with Crippen LogP contribution in [-0.4, -0.2) is 4.98 Å². The number of nitrogens with one attached hydrogen (secondary N) is 2. The maximum Gasteiger partial charge on any atom is 0.228 e. The van der Waals surface area contributed by atoms with Gasteiger partial charge in [0.1, 0.15) is 23.8 Å². The molecule has 30 heavy (non-hydrogen) atoms. The van der Waals surface area contributed by atoms with Crippen LogP contribution in [0.1, 0.15) is 17.0 Å². The van der Waals surface area contributed by atoms with Gasteiger partial charge in [0.25, 0.3) is 0 Å². The molecule has 0 atom stereocenters. The zero-order valence-electron chi connectivity index (χ0n) is 16.6. The summed E-state index contributed by atoms with van der Waals surface area (Å²) in [7, 11) is 0. The van der Waals surface area contributed by atoms with Gasteiger partial charge in [-0.25, -0.2) is 10.4 Å². The second-order valence-corrected chi connectivity index (χ2v) is 7.19. The molecule has 0 spiro atoms. The molecule has 0 amide bonds. The minimum atomic E-state index is 0.326. The molecule has 152 valence electrons. The molecule has 3 aromatic carbocycles. The first kappa shape index (κ1) is 20.0. The molecule has 1 aromatic heterocycles. The number of rotatable bonds is 8. The van der Waals surface area contributed by atoms with Crippen molar-refractivity contribution in [2.45, 2.75) is 20.1 Å². The Morgan fingerprint density at radius 3 is 2.43 bits per heavy atom. The molecule has 0 unspecified atom stereocenters. The van der Waals surface area contributed by atoms with Crippen LogP contribution in [0.3, 0.4) is 0 Å². The Bertz CT molecular complexity index is 1100. The lowest BCUT2D eigenvalue weighted by Crippen LogP contribution is -2.20. The highest BCUT2D eigenvalue weighted by atomic mass is 35.5. The lowest BCUT2D eigenvalue weighted by atomic mass is 10.2. The third kappa shape index (κ3) is 5.00. The smallest absolute Gasteiger partial charge is 0.228 e. The first-order valence-corrected chi connectivity index (χ1v) is 10.0. The number of para-hydroxylation sites is 1. The first-order valence-electron chi connectivity index (χ1n) is 9.66. The van der Waals surface area contributed by atoms with Crippen molar-refractivity contribution in [3.63, 3.8) is 0 Å². The highest BCUT2D eigenvalue weighted by Crippen LogP contribution is 2.28. The number of benzene rings is 3. The van der Waals surface area contributed by atoms with Gasteiger partial charge in [-0.1, -0.05) is 54.1 Å². The average molecular weight is 420 g/mol. The Balaban J connectivity index is 1.32. The van der Waals surface area contributed by atoms with Crippen molar-refractivity contribution in [2.75, 3.05) is 5.43 Å². The quantitative estimate of drug-likeness (QED) is 0.343. The third-order valence-corrected chi connectivity index (χ3v) is 4.92. The van der Waals surface area contributed by atoms with Crippen molar-refractivity contribution in [1.82, 2.24) is 10.4 Å². The van der Waals surface area contributed by atoms with Crippen LogP contribution in [0, 0.1) is 6.92 Å². The summed E-state index contributed by atoms with van der Waals surface area (Å²) in [5.41, 5.74) is 10.1. The van der Waals surface area contributed by atoms with E-state index in [1.54, 1.807) is 0 Å². The van der Waals surface area contributed by atoms with E-state index in [-0.39, 0.29) is 0 Å². The van der Waals surface area contributed by atoms with Crippen LogP contribution in [0.15, 0.2) is 83.3 Å². The molecule has 0 aliphatic carbocycles. The summed E-state index contributed by atoms with van der Waals surface area (Å²) in [6, 6.07) is 25.4. The molecule has 0 saturated carbocycles. The predicted octanol–water partition coefficient (Wildman–Crippen LogP) is 6.00. The fraction of sp³-hybridized carbons (Fsp3) is 0.125. The third-order valence-electron chi connectivity index (χ3n) is 4.59. The van der Waals surface area contributed by atoms with Crippen LogP contribution < -0.4 is 15.6 Å². The summed E-state index contributed by atoms with van der Waals surface area (Å²) >= 11 is 6.24. The Morgan fingerprint density at radius 1 is 0.933 bits per heavy atom. The second-order valence-electron chi connectivity index (χ2n) is 6.78. The minimum absolute atomic E-state index is 0.326. The topological polar surface area (TPSA) is 59.3 Å². The number of ether oxygens (including phenoxy) is 1. The lowest BCUT2D eigenvalue weighted by Gasteiger charge is -2.09. The number of hydrogen-bond donors (Lipinski definition) is 2. The zero-order chi connectivity index (χ0) is 20.8. The molecule has 0 aliphatic rings. The number of aryl methyl sites for hydroxylation is 1. The largest absolute Gasteiger partial charge is 0.487 e. The number of halogens is 1. The summed E-state index contributed by atoms with van der Waals surface area (Å²) in [4.78, 5) is 4.55. The number of hydrazine groups is 1. The van der Waals surface area contributed by atoms with E-state index in [1.807, 2.05) is 85.8 Å². The van der Waals surface area contributed by atoms with Crippen LogP contribution in [-0.2, 0) is 13.2 Å². The minimum Gasteiger partial charge on any atom is -0.487 e. The van der Waals surface area contributed by atoms with Crippen LogP contribution in [0.4, 0.5) is 5.69 Å². The number of oxazole rings is 1. The molecule has 0 bridgehead atoms. The molecule has 2 N–H and O–H groups in total. The van der Waals surface area contributed by atoms with Gasteiger partial charge in [-0.05, 0) is 48.9 Å². The van der Waals surface area contributed by atoms with Crippen LogP contribution in [0.2, 0.25) is 5.02 Å². The molecule has 6 heteroatoms. The van der Waals surface area contributed by atoms with Crippen molar-refractivity contribution in [3.05, 3.63) is 101 Å². The van der Waals surface area contributed by atoms with Crippen molar-refractivity contribution in [3.8, 4) is 17.2 Å². The predicted molar refractivity (Wildman–Crippen MR) is 119 cm³/mol. The first-order chi connectivity index (χ1) is 14.7. The number of hydrogen-bond acceptors (Lipinski definition) is 5. The van der Waals surface area contributed by atoms with Gasteiger partial charge < -0.3 is 14.6 Å². The Hall–Kier alpha value is -3.28. The summed E-state index contributed by atoms with van der Waals surface area (Å²) in [6.45, 7) is 2.90. The summed E-state index contributed by atoms with van der Waals surface area (Å²) in [5.74, 6) is 2.00. The normalized spacial score (nSPS) is 10.7. The maximum absolute atomic E-state index is 6.24. The molecular weight excluding hydrogens is 398 g/mol. The van der Waals surface area contributed by atoms with Crippen LogP contribution in [0.25, 0.3) is 11.5 Å². The molecule has 0 fully saturated rings. The van der Waals surface area contributed by atoms with E-state index >= 15 is 0 Å². The van der Waals surface area contributed by atoms with Gasteiger partial charge in [0.15, 0.2) is 0 Å². The second kappa shape index (κ2) is 9.48. The number of nitrogens with zero attached hydrogens (tertiary/aromatic N) is 1. The van der Waals surface area contributed by atoms with Crippen molar-refractivity contribution >= 4 is 17.3 Å². The van der Waals surface area contributed by atoms with Crippen molar-refractivity contribution in [2.24, 2.45) is 0 Å². The van der Waals surface area contributed by atoms with Gasteiger partial charge in [-0.15, -0.1) is 0 Å². The maximum atomic E-state index is 6.24. The molecule has 5 nitrogen and oxygen atoms in total. The van der Waals surface area contributed by atoms with Gasteiger partial charge in [0, 0.05) is 12.2 Å². The van der Waals surface area contributed by atoms with Crippen LogP contribution >= 0.6 is 11.6 Å². The van der Waals surface area contributed by atoms with E-state index in [4.69, 9.17) is 20.8 Å². The van der Waals surface area contributed by atoms with Gasteiger partial charge in [-0.2, -0.15) is 0 Å². The van der Waals surface area contributed by atoms with E-state index in [9.17, 15) is 0 Å². The van der Waals surface area contributed by atoms with Gasteiger partial charge >= 0.3 is 0 Å². The molecule has 0 aliphatic heterocycles. The van der Waals surface area contributed by atoms with E-state index in [1.165, 1.54) is 0 Å². The van der Waals surface area contributed by atoms with Crippen LogP contribution in [0.5, 0.6) is 5.75 Å². The Labute approximate surface area is 180 Å². The lowest BCUT2D eigenvalue weighted by molar-refractivity contribution is 0.299. The number of aromatic nitrogens is 1. The van der Waals surface area contributed by atoms with Crippen molar-refractivity contribution < 1.29 is 9.15 Å². The SMILES string of the molecule is Cc1oc(-c2ccccc2Cl)nc1COc1ccc(CNNc2ccccc2)cc1. The molecule has 0 saturated heterocycles. The monoisotopic (exact) mass is 419 g/mol. The van der Waals surface area contributed by atoms with Crippen molar-refractivity contribution in [1.29, 1.82) is 0 Å². The molecule has 1 heterocycles. The molecule has 4 rings (SSSR count). The summed E-state index contributed by atoms with van der Waals surface area (Å²) in [5, 5.41) is 0.608. The highest BCUT2D eigenvalue weighted by molar-refractivity contribution is 6.33. The average Bonchev–Trinajstić information content (AvgIpc) is 3.14. The standard InChI is InChI=1S/C24H22ClN3O2/c1-17-23(27-24(30-17)21-9-5-6-10-22(21)25)16-29-20-13-11-18(12-14-20)15-26-28-19-7-3-2-4-8-19/h2-14,26,28H,15-16H2,1H3. The van der Waals surface area contributed by atoms with E-state index in [0.29, 0.717) is 24.1 Å². The fourth-order valence-electron chi connectivity index (χ4n) is 2.94. The molecule has 0 radical (unpaired) electrons. The Kier molecular flexibility index (Phi) is 6.32. The Morgan fingerprint density at radius 2 is 1.67 bits per heavy atom. The number of anilines is 1. The molecular formula is C24H22ClN3O2. The van der Waals surface area contributed by atoms with Gasteiger partial charge in [0.05, 0.1) is 10.6 Å². The summed E-state index contributed by atoms with van der Waals surface area (Å²) < 4.78 is 11.7. The fourth-order valence-corrected chi connectivity index (χ4v) is 3.15. The van der Waals surface area contributed by atoms with E-state index in [0.717, 1.165) is 34.0 Å². The summed E-state index contributed by atoms with van der Waals surface area (Å²) in [6.07, 6.45) is 0. The van der Waals surface area contributed by atoms with Gasteiger partial charge in [0.2, 0.25) is 5.89 Å². The zero-order valence-corrected chi connectivity index (χ0v) is 17.3. The van der Waals surface area contributed by atoms with Gasteiger partial charge in [-0.3, -0.25) is 0 Å².